The van der Waals surface area contributed by atoms with Gasteiger partial charge in [-0.15, -0.1) is 0 Å². The van der Waals surface area contributed by atoms with Crippen molar-refractivity contribution in [2.75, 3.05) is 0 Å². The third-order valence-corrected chi connectivity index (χ3v) is 3.61. The average Bonchev–Trinajstić information content (AvgIpc) is 2.89. The largest absolute Gasteiger partial charge is 0.477 e. The Labute approximate surface area is 136 Å². The number of nitrogens with zero attached hydrogens (tertiary/aromatic N) is 2. The number of hydrogen-bond acceptors (Lipinski definition) is 3. The number of aromatic nitrogens is 2. The number of carbonyl (C=O) groups excluding carboxylic acids is 1. The Balaban J connectivity index is 2.17. The van der Waals surface area contributed by atoms with Crippen LogP contribution in [0.2, 0.25) is 5.02 Å². The van der Waals surface area contributed by atoms with Gasteiger partial charge in [-0.2, -0.15) is 0 Å². The Morgan fingerprint density at radius 3 is 2.78 bits per heavy atom. The first kappa shape index (κ1) is 17.0. The molecule has 1 heterocycles. The van der Waals surface area contributed by atoms with Crippen molar-refractivity contribution in [3.63, 3.8) is 0 Å². The second-order valence-corrected chi connectivity index (χ2v) is 5.89. The van der Waals surface area contributed by atoms with Gasteiger partial charge in [-0.25, -0.2) is 14.2 Å². The van der Waals surface area contributed by atoms with E-state index in [2.05, 4.69) is 10.3 Å². The maximum absolute atomic E-state index is 14.1. The molecule has 0 radical (unpaired) electrons. The van der Waals surface area contributed by atoms with Crippen LogP contribution in [0.1, 0.15) is 29.9 Å². The molecule has 1 aromatic carbocycles. The van der Waals surface area contributed by atoms with E-state index in [-0.39, 0.29) is 22.8 Å². The van der Waals surface area contributed by atoms with Gasteiger partial charge in [0.2, 0.25) is 5.91 Å². The van der Waals surface area contributed by atoms with Gasteiger partial charge < -0.3 is 15.0 Å². The maximum Gasteiger partial charge on any atom is 0.354 e. The van der Waals surface area contributed by atoms with E-state index in [0.29, 0.717) is 0 Å². The normalized spacial score (nSPS) is 11.3. The van der Waals surface area contributed by atoms with E-state index in [4.69, 9.17) is 16.7 Å². The van der Waals surface area contributed by atoms with Crippen molar-refractivity contribution in [3.8, 4) is 0 Å². The summed E-state index contributed by atoms with van der Waals surface area (Å²) in [6, 6.07) is 4.54. The summed E-state index contributed by atoms with van der Waals surface area (Å²) in [7, 11) is 0. The number of carboxylic acids is 1. The van der Waals surface area contributed by atoms with E-state index in [1.165, 1.54) is 23.0 Å². The fourth-order valence-corrected chi connectivity index (χ4v) is 2.40. The number of imidazole rings is 1. The number of carboxylic acid groups (broad SMARTS) is 1. The Kier molecular flexibility index (Phi) is 4.70. The fraction of sp³-hybridized carbons (Fsp3) is 0.267. The van der Waals surface area contributed by atoms with Gasteiger partial charge in [0.15, 0.2) is 0 Å². The van der Waals surface area contributed by atoms with Crippen LogP contribution < -0.4 is 5.32 Å². The lowest BCUT2D eigenvalue weighted by atomic mass is 9.93. The number of nitrogens with one attached hydrogen (secondary N) is 1. The minimum absolute atomic E-state index is 0.0346. The number of carbonyl (C=O) groups is 2. The van der Waals surface area contributed by atoms with Gasteiger partial charge in [-0.1, -0.05) is 23.7 Å². The topological polar surface area (TPSA) is 84.2 Å². The van der Waals surface area contributed by atoms with Gasteiger partial charge in [-0.3, -0.25) is 4.79 Å². The Morgan fingerprint density at radius 1 is 1.43 bits per heavy atom. The second-order valence-electron chi connectivity index (χ2n) is 5.49. The lowest BCUT2D eigenvalue weighted by molar-refractivity contribution is -0.123. The van der Waals surface area contributed by atoms with Gasteiger partial charge in [0, 0.05) is 5.56 Å². The van der Waals surface area contributed by atoms with Gasteiger partial charge in [0.25, 0.3) is 0 Å². The predicted octanol–water partition coefficient (Wildman–Crippen LogP) is 2.43. The molecule has 0 unspecified atom stereocenters. The molecule has 6 nitrogen and oxygen atoms in total. The van der Waals surface area contributed by atoms with Gasteiger partial charge in [-0.05, 0) is 19.9 Å². The third kappa shape index (κ3) is 3.68. The summed E-state index contributed by atoms with van der Waals surface area (Å²) in [6.45, 7) is 3.02. The maximum atomic E-state index is 14.1. The summed E-state index contributed by atoms with van der Waals surface area (Å²) in [5.41, 5.74) is -0.884. The van der Waals surface area contributed by atoms with Crippen molar-refractivity contribution in [3.05, 3.63) is 52.8 Å². The molecule has 0 saturated carbocycles. The molecule has 0 saturated heterocycles. The molecule has 0 aliphatic heterocycles. The van der Waals surface area contributed by atoms with E-state index in [9.17, 15) is 14.0 Å². The Hall–Kier alpha value is -2.41. The summed E-state index contributed by atoms with van der Waals surface area (Å²) in [4.78, 5) is 26.9. The highest BCUT2D eigenvalue weighted by Crippen LogP contribution is 2.27. The third-order valence-electron chi connectivity index (χ3n) is 3.32. The first-order chi connectivity index (χ1) is 10.7. The van der Waals surface area contributed by atoms with Crippen molar-refractivity contribution < 1.29 is 19.1 Å². The quantitative estimate of drug-likeness (QED) is 0.876. The van der Waals surface area contributed by atoms with Crippen LogP contribution >= 0.6 is 11.6 Å². The molecular weight excluding hydrogens is 325 g/mol. The van der Waals surface area contributed by atoms with Crippen molar-refractivity contribution in [2.45, 2.75) is 25.9 Å². The van der Waals surface area contributed by atoms with Gasteiger partial charge in [0.1, 0.15) is 18.1 Å². The monoisotopic (exact) mass is 339 g/mol. The number of rotatable bonds is 5. The molecule has 2 aromatic rings. The van der Waals surface area contributed by atoms with Crippen LogP contribution in [-0.2, 0) is 16.9 Å². The van der Waals surface area contributed by atoms with E-state index in [0.717, 1.165) is 6.20 Å². The summed E-state index contributed by atoms with van der Waals surface area (Å²) >= 11 is 5.76. The van der Waals surface area contributed by atoms with Crippen LogP contribution in [0.4, 0.5) is 4.39 Å². The molecule has 1 amide bonds. The van der Waals surface area contributed by atoms with Gasteiger partial charge in [0.05, 0.1) is 23.1 Å². The SMILES string of the molecule is CC(C)(NC(=O)Cn1cncc1C(=O)O)c1cccc(Cl)c1F. The molecule has 23 heavy (non-hydrogen) atoms. The smallest absolute Gasteiger partial charge is 0.354 e. The molecule has 0 aliphatic carbocycles. The minimum Gasteiger partial charge on any atom is -0.477 e. The van der Waals surface area contributed by atoms with E-state index in [1.807, 2.05) is 0 Å². The predicted molar refractivity (Wildman–Crippen MR) is 81.8 cm³/mol. The second kappa shape index (κ2) is 6.37. The molecule has 2 rings (SSSR count). The lowest BCUT2D eigenvalue weighted by Gasteiger charge is -2.27. The fourth-order valence-electron chi connectivity index (χ4n) is 2.22. The number of benzene rings is 1. The van der Waals surface area contributed by atoms with Crippen molar-refractivity contribution in [1.29, 1.82) is 0 Å². The van der Waals surface area contributed by atoms with Crippen molar-refractivity contribution >= 4 is 23.5 Å². The molecule has 0 fully saturated rings. The number of hydrogen-bond donors (Lipinski definition) is 2. The zero-order valence-corrected chi connectivity index (χ0v) is 13.3. The Bertz CT molecular complexity index is 758. The van der Waals surface area contributed by atoms with E-state index < -0.39 is 23.2 Å². The molecular formula is C15H15ClFN3O3. The van der Waals surface area contributed by atoms with Crippen molar-refractivity contribution in [2.24, 2.45) is 0 Å². The molecule has 122 valence electrons. The lowest BCUT2D eigenvalue weighted by Crippen LogP contribution is -2.43. The minimum atomic E-state index is -1.18. The highest BCUT2D eigenvalue weighted by Gasteiger charge is 2.27. The number of halogens is 2. The summed E-state index contributed by atoms with van der Waals surface area (Å²) in [6.07, 6.45) is 2.40. The van der Waals surface area contributed by atoms with Crippen LogP contribution in [0.3, 0.4) is 0 Å². The van der Waals surface area contributed by atoms with Crippen molar-refractivity contribution in [1.82, 2.24) is 14.9 Å². The molecule has 1 aromatic heterocycles. The van der Waals surface area contributed by atoms with Crippen LogP contribution in [-0.4, -0.2) is 26.5 Å². The van der Waals surface area contributed by atoms with Crippen LogP contribution in [0, 0.1) is 5.82 Å². The van der Waals surface area contributed by atoms with E-state index in [1.54, 1.807) is 19.9 Å². The first-order valence-corrected chi connectivity index (χ1v) is 7.09. The molecule has 0 atom stereocenters. The van der Waals surface area contributed by atoms with Crippen LogP contribution in [0.25, 0.3) is 0 Å². The Morgan fingerprint density at radius 2 is 2.13 bits per heavy atom. The molecule has 0 bridgehead atoms. The zero-order valence-electron chi connectivity index (χ0n) is 12.5. The van der Waals surface area contributed by atoms with Crippen LogP contribution in [0.5, 0.6) is 0 Å². The number of amides is 1. The summed E-state index contributed by atoms with van der Waals surface area (Å²) in [5.74, 6) is -2.27. The molecule has 2 N–H and O–H groups in total. The number of aromatic carboxylic acids is 1. The van der Waals surface area contributed by atoms with Gasteiger partial charge >= 0.3 is 5.97 Å². The summed E-state index contributed by atoms with van der Waals surface area (Å²) < 4.78 is 15.3. The molecule has 0 aliphatic rings. The highest BCUT2D eigenvalue weighted by atomic mass is 35.5. The van der Waals surface area contributed by atoms with Crippen LogP contribution in [0.15, 0.2) is 30.7 Å². The molecule has 8 heteroatoms. The standard InChI is InChI=1S/C15H15ClFN3O3/c1-15(2,9-4-3-5-10(16)13(9)17)19-12(21)7-20-8-18-6-11(20)14(22)23/h3-6,8H,7H2,1-2H3,(H,19,21)(H,22,23). The average molecular weight is 340 g/mol. The molecule has 0 spiro atoms. The highest BCUT2D eigenvalue weighted by molar-refractivity contribution is 6.30. The first-order valence-electron chi connectivity index (χ1n) is 6.71. The summed E-state index contributed by atoms with van der Waals surface area (Å²) in [5, 5.41) is 11.6. The van der Waals surface area contributed by atoms with E-state index >= 15 is 0 Å². The zero-order chi connectivity index (χ0) is 17.2.